The molecule has 0 N–H and O–H groups in total. The number of esters is 2. The second-order valence-electron chi connectivity index (χ2n) is 5.91. The number of rotatable bonds is 8. The third-order valence-corrected chi connectivity index (χ3v) is 3.41. The summed E-state index contributed by atoms with van der Waals surface area (Å²) in [5, 5.41) is 0. The van der Waals surface area contributed by atoms with E-state index in [1.165, 1.54) is 0 Å². The Balaban J connectivity index is 5.64. The van der Waals surface area contributed by atoms with Gasteiger partial charge in [-0.1, -0.05) is 47.3 Å². The molecule has 4 heteroatoms. The van der Waals surface area contributed by atoms with Gasteiger partial charge in [0.2, 0.25) is 0 Å². The van der Waals surface area contributed by atoms with Crippen LogP contribution in [0.25, 0.3) is 0 Å². The molecule has 0 aromatic carbocycles. The number of hydrogen-bond donors (Lipinski definition) is 0. The molecule has 0 bridgehead atoms. The second kappa shape index (κ2) is 8.01. The number of hydrogen-bond acceptors (Lipinski definition) is 4. The Morgan fingerprint density at radius 3 is 1.62 bits per heavy atom. The predicted molar refractivity (Wildman–Crippen MR) is 83.5 cm³/mol. The van der Waals surface area contributed by atoms with Crippen LogP contribution in [0.2, 0.25) is 0 Å². The van der Waals surface area contributed by atoms with Gasteiger partial charge in [-0.3, -0.25) is 0 Å². The van der Waals surface area contributed by atoms with Crippen molar-refractivity contribution in [2.75, 3.05) is 0 Å². The summed E-state index contributed by atoms with van der Waals surface area (Å²) in [5.41, 5.74) is 0.546. The lowest BCUT2D eigenvalue weighted by atomic mass is 9.86. The van der Waals surface area contributed by atoms with E-state index in [-0.39, 0.29) is 23.0 Å². The molecule has 0 aromatic heterocycles. The van der Waals surface area contributed by atoms with Crippen LogP contribution < -0.4 is 0 Å². The van der Waals surface area contributed by atoms with E-state index in [1.807, 2.05) is 27.7 Å². The molecule has 0 aliphatic carbocycles. The van der Waals surface area contributed by atoms with Crippen molar-refractivity contribution in [3.8, 4) is 0 Å². The van der Waals surface area contributed by atoms with Crippen molar-refractivity contribution in [3.05, 3.63) is 24.3 Å². The molecule has 0 saturated heterocycles. The van der Waals surface area contributed by atoms with E-state index in [4.69, 9.17) is 9.47 Å². The highest BCUT2D eigenvalue weighted by Gasteiger charge is 2.47. The van der Waals surface area contributed by atoms with Crippen LogP contribution in [0, 0.1) is 11.8 Å². The van der Waals surface area contributed by atoms with Crippen LogP contribution in [0.5, 0.6) is 0 Å². The largest absolute Gasteiger partial charge is 0.419 e. The van der Waals surface area contributed by atoms with Crippen LogP contribution in [0.3, 0.4) is 0 Å². The summed E-state index contributed by atoms with van der Waals surface area (Å²) in [5.74, 6) is -2.73. The fraction of sp³-hybridized carbons (Fsp3) is 0.647. The highest BCUT2D eigenvalue weighted by Crippen LogP contribution is 2.36. The third-order valence-electron chi connectivity index (χ3n) is 3.41. The molecule has 0 spiro atoms. The monoisotopic (exact) mass is 296 g/mol. The highest BCUT2D eigenvalue weighted by molar-refractivity contribution is 5.89. The molecule has 0 rings (SSSR count). The van der Waals surface area contributed by atoms with Gasteiger partial charge in [0.25, 0.3) is 5.79 Å². The van der Waals surface area contributed by atoms with E-state index >= 15 is 0 Å². The third kappa shape index (κ3) is 5.03. The summed E-state index contributed by atoms with van der Waals surface area (Å²) in [6.45, 7) is 18.0. The van der Waals surface area contributed by atoms with Crippen molar-refractivity contribution in [2.45, 2.75) is 60.2 Å². The molecular formula is C17H28O4. The van der Waals surface area contributed by atoms with Crippen molar-refractivity contribution < 1.29 is 19.1 Å². The first-order valence-electron chi connectivity index (χ1n) is 7.36. The number of ether oxygens (including phenoxy) is 2. The van der Waals surface area contributed by atoms with Gasteiger partial charge < -0.3 is 9.47 Å². The van der Waals surface area contributed by atoms with Gasteiger partial charge in [-0.15, -0.1) is 0 Å². The molecule has 0 aromatic rings. The summed E-state index contributed by atoms with van der Waals surface area (Å²) in [4.78, 5) is 24.0. The van der Waals surface area contributed by atoms with E-state index < -0.39 is 17.7 Å². The smallest absolute Gasteiger partial charge is 0.336 e. The molecule has 0 amide bonds. The number of carbonyl (C=O) groups excluding carboxylic acids is 2. The molecule has 1 unspecified atom stereocenters. The van der Waals surface area contributed by atoms with E-state index in [0.29, 0.717) is 0 Å². The molecule has 0 aliphatic rings. The van der Waals surface area contributed by atoms with Crippen molar-refractivity contribution in [3.63, 3.8) is 0 Å². The first-order chi connectivity index (χ1) is 9.58. The van der Waals surface area contributed by atoms with Gasteiger partial charge in [-0.25, -0.2) is 9.59 Å². The maximum Gasteiger partial charge on any atom is 0.336 e. The molecule has 0 radical (unpaired) electrons. The Bertz CT molecular complexity index is 393. The van der Waals surface area contributed by atoms with E-state index in [0.717, 1.165) is 12.8 Å². The lowest BCUT2D eigenvalue weighted by Crippen LogP contribution is -2.50. The SMILES string of the molecule is C=C(C)C(=O)OC(OC(=O)C(=C)C)(C(C)C)C(C)CCC. The summed E-state index contributed by atoms with van der Waals surface area (Å²) in [7, 11) is 0. The summed E-state index contributed by atoms with van der Waals surface area (Å²) in [6.07, 6.45) is 1.66. The zero-order valence-electron chi connectivity index (χ0n) is 14.1. The molecule has 120 valence electrons. The van der Waals surface area contributed by atoms with Crippen molar-refractivity contribution in [1.29, 1.82) is 0 Å². The number of carbonyl (C=O) groups is 2. The predicted octanol–water partition coefficient (Wildman–Crippen LogP) is 4.01. The molecular weight excluding hydrogens is 268 g/mol. The fourth-order valence-corrected chi connectivity index (χ4v) is 2.12. The van der Waals surface area contributed by atoms with Gasteiger partial charge in [-0.05, 0) is 20.3 Å². The molecule has 0 saturated carbocycles. The van der Waals surface area contributed by atoms with Crippen molar-refractivity contribution in [1.82, 2.24) is 0 Å². The molecule has 0 heterocycles. The normalized spacial score (nSPS) is 12.7. The van der Waals surface area contributed by atoms with Crippen molar-refractivity contribution >= 4 is 11.9 Å². The van der Waals surface area contributed by atoms with E-state index in [2.05, 4.69) is 13.2 Å². The maximum absolute atomic E-state index is 12.0. The molecule has 21 heavy (non-hydrogen) atoms. The first-order valence-corrected chi connectivity index (χ1v) is 7.36. The van der Waals surface area contributed by atoms with Gasteiger partial charge in [0, 0.05) is 23.0 Å². The average molecular weight is 296 g/mol. The summed E-state index contributed by atoms with van der Waals surface area (Å²) >= 11 is 0. The minimum absolute atomic E-state index is 0.130. The minimum Gasteiger partial charge on any atom is -0.419 e. The maximum atomic E-state index is 12.0. The quantitative estimate of drug-likeness (QED) is 0.386. The molecule has 1 atom stereocenters. The molecule has 0 fully saturated rings. The first kappa shape index (κ1) is 19.4. The van der Waals surface area contributed by atoms with Crippen LogP contribution >= 0.6 is 0 Å². The Morgan fingerprint density at radius 1 is 1.00 bits per heavy atom. The zero-order valence-corrected chi connectivity index (χ0v) is 14.1. The van der Waals surface area contributed by atoms with E-state index in [1.54, 1.807) is 13.8 Å². The van der Waals surface area contributed by atoms with Crippen LogP contribution in [-0.2, 0) is 19.1 Å². The molecule has 0 aliphatic heterocycles. The van der Waals surface area contributed by atoms with Gasteiger partial charge in [0.15, 0.2) is 0 Å². The topological polar surface area (TPSA) is 52.6 Å². The summed E-state index contributed by atoms with van der Waals surface area (Å²) in [6, 6.07) is 0. The summed E-state index contributed by atoms with van der Waals surface area (Å²) < 4.78 is 11.1. The van der Waals surface area contributed by atoms with Gasteiger partial charge in [0.05, 0.1) is 0 Å². The second-order valence-corrected chi connectivity index (χ2v) is 5.91. The van der Waals surface area contributed by atoms with Crippen molar-refractivity contribution in [2.24, 2.45) is 11.8 Å². The standard InChI is InChI=1S/C17H28O4/c1-9-10-14(8)17(13(6)7,20-15(18)11(2)3)21-16(19)12(4)5/h13-14H,2,4,9-10H2,1,3,5-8H3. The van der Waals surface area contributed by atoms with E-state index in [9.17, 15) is 9.59 Å². The lowest BCUT2D eigenvalue weighted by Gasteiger charge is -2.40. The Labute approximate surface area is 128 Å². The van der Waals surface area contributed by atoms with Gasteiger partial charge in [-0.2, -0.15) is 0 Å². The van der Waals surface area contributed by atoms with Crippen LogP contribution in [0.1, 0.15) is 54.4 Å². The lowest BCUT2D eigenvalue weighted by molar-refractivity contribution is -0.260. The Morgan fingerprint density at radius 2 is 1.38 bits per heavy atom. The van der Waals surface area contributed by atoms with Crippen LogP contribution in [-0.4, -0.2) is 17.7 Å². The fourth-order valence-electron chi connectivity index (χ4n) is 2.12. The Kier molecular flexibility index (Phi) is 7.41. The molecule has 4 nitrogen and oxygen atoms in total. The minimum atomic E-state index is -1.30. The van der Waals surface area contributed by atoms with Crippen LogP contribution in [0.15, 0.2) is 24.3 Å². The average Bonchev–Trinajstić information content (AvgIpc) is 2.36. The Hall–Kier alpha value is -1.58. The van der Waals surface area contributed by atoms with Crippen LogP contribution in [0.4, 0.5) is 0 Å². The highest BCUT2D eigenvalue weighted by atomic mass is 16.7. The zero-order chi connectivity index (χ0) is 16.8. The van der Waals surface area contributed by atoms with Gasteiger partial charge >= 0.3 is 11.9 Å². The van der Waals surface area contributed by atoms with Gasteiger partial charge in [0.1, 0.15) is 0 Å².